The number of carbonyl (C=O) groups is 2. The van der Waals surface area contributed by atoms with Crippen molar-refractivity contribution in [3.8, 4) is 0 Å². The summed E-state index contributed by atoms with van der Waals surface area (Å²) in [7, 11) is -2.14. The van der Waals surface area contributed by atoms with E-state index in [1.165, 1.54) is 31.4 Å². The van der Waals surface area contributed by atoms with E-state index in [1.807, 2.05) is 6.92 Å². The Morgan fingerprint density at radius 1 is 1.13 bits per heavy atom. The predicted octanol–water partition coefficient (Wildman–Crippen LogP) is 1.62. The zero-order valence-corrected chi connectivity index (χ0v) is 19.0. The molecule has 0 saturated carbocycles. The molecular formula is C21H33N3O5S. The average Bonchev–Trinajstić information content (AvgIpc) is 2.73. The largest absolute Gasteiger partial charge is 0.383 e. The summed E-state index contributed by atoms with van der Waals surface area (Å²) in [5.41, 5.74) is 0.433. The molecule has 168 valence electrons. The average molecular weight is 440 g/mol. The summed E-state index contributed by atoms with van der Waals surface area (Å²) < 4.78 is 31.7. The van der Waals surface area contributed by atoms with E-state index in [0.29, 0.717) is 37.4 Å². The van der Waals surface area contributed by atoms with Gasteiger partial charge in [-0.15, -0.1) is 0 Å². The molecule has 1 aliphatic heterocycles. The van der Waals surface area contributed by atoms with Crippen LogP contribution in [-0.4, -0.2) is 64.5 Å². The first-order valence-corrected chi connectivity index (χ1v) is 11.8. The number of hydrogen-bond donors (Lipinski definition) is 2. The lowest BCUT2D eigenvalue weighted by Gasteiger charge is -2.32. The summed E-state index contributed by atoms with van der Waals surface area (Å²) in [4.78, 5) is 27.0. The van der Waals surface area contributed by atoms with Gasteiger partial charge in [0.15, 0.2) is 0 Å². The van der Waals surface area contributed by atoms with Crippen molar-refractivity contribution in [2.75, 3.05) is 33.4 Å². The second kappa shape index (κ2) is 10.9. The van der Waals surface area contributed by atoms with Crippen LogP contribution in [0.4, 0.5) is 0 Å². The number of methoxy groups -OCH3 is 1. The van der Waals surface area contributed by atoms with E-state index >= 15 is 0 Å². The zero-order chi connectivity index (χ0) is 22.3. The van der Waals surface area contributed by atoms with Crippen molar-refractivity contribution in [1.82, 2.24) is 14.9 Å². The van der Waals surface area contributed by atoms with Crippen LogP contribution in [0, 0.1) is 11.8 Å². The van der Waals surface area contributed by atoms with Crippen LogP contribution in [0.2, 0.25) is 0 Å². The minimum Gasteiger partial charge on any atom is -0.383 e. The van der Waals surface area contributed by atoms with Crippen molar-refractivity contribution in [2.24, 2.45) is 11.8 Å². The number of sulfonamides is 1. The van der Waals surface area contributed by atoms with Crippen LogP contribution in [0.1, 0.15) is 44.0 Å². The minimum absolute atomic E-state index is 0.0545. The summed E-state index contributed by atoms with van der Waals surface area (Å²) in [6.07, 6.45) is 1.25. The summed E-state index contributed by atoms with van der Waals surface area (Å²) in [5, 5.41) is 3.05. The Hall–Kier alpha value is -1.97. The van der Waals surface area contributed by atoms with Gasteiger partial charge >= 0.3 is 0 Å². The fourth-order valence-corrected chi connectivity index (χ4v) is 4.19. The molecule has 1 saturated heterocycles. The van der Waals surface area contributed by atoms with E-state index in [-0.39, 0.29) is 41.8 Å². The van der Waals surface area contributed by atoms with Crippen LogP contribution >= 0.6 is 0 Å². The molecule has 0 aromatic heterocycles. The van der Waals surface area contributed by atoms with Gasteiger partial charge in [0, 0.05) is 44.3 Å². The van der Waals surface area contributed by atoms with Gasteiger partial charge in [-0.25, -0.2) is 13.1 Å². The molecule has 0 radical (unpaired) electrons. The minimum atomic E-state index is -3.63. The SMILES string of the molecule is COCCNS(=O)(=O)c1ccc(C(=O)N2CCC(C(=O)NC(C)C(C)C)CC2)cc1. The summed E-state index contributed by atoms with van der Waals surface area (Å²) in [5.74, 6) is 0.193. The Balaban J connectivity index is 1.91. The van der Waals surface area contributed by atoms with Gasteiger partial charge in [-0.3, -0.25) is 9.59 Å². The smallest absolute Gasteiger partial charge is 0.253 e. The molecule has 30 heavy (non-hydrogen) atoms. The van der Waals surface area contributed by atoms with Gasteiger partial charge in [0.1, 0.15) is 0 Å². The second-order valence-electron chi connectivity index (χ2n) is 8.02. The van der Waals surface area contributed by atoms with Crippen molar-refractivity contribution in [2.45, 2.75) is 44.6 Å². The number of nitrogens with zero attached hydrogens (tertiary/aromatic N) is 1. The molecule has 0 spiro atoms. The third kappa shape index (κ3) is 6.52. The number of ether oxygens (including phenoxy) is 1. The van der Waals surface area contributed by atoms with Gasteiger partial charge in [0.2, 0.25) is 15.9 Å². The number of carbonyl (C=O) groups excluding carboxylic acids is 2. The lowest BCUT2D eigenvalue weighted by atomic mass is 9.94. The van der Waals surface area contributed by atoms with E-state index < -0.39 is 10.0 Å². The molecule has 9 heteroatoms. The molecule has 0 aliphatic carbocycles. The van der Waals surface area contributed by atoms with Crippen LogP contribution in [-0.2, 0) is 19.6 Å². The third-order valence-electron chi connectivity index (χ3n) is 5.53. The number of benzene rings is 1. The Labute approximate surface area is 179 Å². The first kappa shape index (κ1) is 24.3. The van der Waals surface area contributed by atoms with E-state index in [0.717, 1.165) is 0 Å². The molecule has 1 atom stereocenters. The quantitative estimate of drug-likeness (QED) is 0.569. The van der Waals surface area contributed by atoms with Gasteiger partial charge in [-0.2, -0.15) is 0 Å². The van der Waals surface area contributed by atoms with E-state index in [4.69, 9.17) is 4.74 Å². The maximum atomic E-state index is 12.8. The fraction of sp³-hybridized carbons (Fsp3) is 0.619. The van der Waals surface area contributed by atoms with E-state index in [9.17, 15) is 18.0 Å². The molecule has 1 unspecified atom stereocenters. The number of rotatable bonds is 9. The van der Waals surface area contributed by atoms with Crippen molar-refractivity contribution in [3.63, 3.8) is 0 Å². The molecule has 1 aliphatic rings. The molecule has 2 N–H and O–H groups in total. The molecular weight excluding hydrogens is 406 g/mol. The highest BCUT2D eigenvalue weighted by Crippen LogP contribution is 2.20. The van der Waals surface area contributed by atoms with E-state index in [2.05, 4.69) is 23.9 Å². The van der Waals surface area contributed by atoms with Gasteiger partial charge in [0.25, 0.3) is 5.91 Å². The van der Waals surface area contributed by atoms with Crippen molar-refractivity contribution < 1.29 is 22.7 Å². The van der Waals surface area contributed by atoms with Crippen LogP contribution in [0.25, 0.3) is 0 Å². The molecule has 0 bridgehead atoms. The monoisotopic (exact) mass is 439 g/mol. The standard InChI is InChI=1S/C21H33N3O5S/c1-15(2)16(3)23-20(25)17-9-12-24(13-10-17)21(26)18-5-7-19(8-6-18)30(27,28)22-11-14-29-4/h5-8,15-17,22H,9-14H2,1-4H3,(H,23,25). The molecule has 1 heterocycles. The lowest BCUT2D eigenvalue weighted by molar-refractivity contribution is -0.127. The van der Waals surface area contributed by atoms with Gasteiger partial charge < -0.3 is 15.0 Å². The van der Waals surface area contributed by atoms with Crippen molar-refractivity contribution in [3.05, 3.63) is 29.8 Å². The lowest BCUT2D eigenvalue weighted by Crippen LogP contribution is -2.45. The molecule has 8 nitrogen and oxygen atoms in total. The Bertz CT molecular complexity index is 816. The van der Waals surface area contributed by atoms with Gasteiger partial charge in [-0.05, 0) is 49.9 Å². The number of nitrogens with one attached hydrogen (secondary N) is 2. The highest BCUT2D eigenvalue weighted by atomic mass is 32.2. The highest BCUT2D eigenvalue weighted by Gasteiger charge is 2.29. The molecule has 2 rings (SSSR count). The summed E-state index contributed by atoms with van der Waals surface area (Å²) in [6, 6.07) is 6.02. The van der Waals surface area contributed by atoms with E-state index in [1.54, 1.807) is 4.90 Å². The molecule has 2 amide bonds. The molecule has 1 fully saturated rings. The number of amides is 2. The number of hydrogen-bond acceptors (Lipinski definition) is 5. The Morgan fingerprint density at radius 3 is 2.27 bits per heavy atom. The molecule has 1 aromatic rings. The number of piperidine rings is 1. The van der Waals surface area contributed by atoms with Crippen molar-refractivity contribution in [1.29, 1.82) is 0 Å². The third-order valence-corrected chi connectivity index (χ3v) is 7.01. The van der Waals surface area contributed by atoms with Gasteiger partial charge in [-0.1, -0.05) is 13.8 Å². The van der Waals surface area contributed by atoms with Crippen LogP contribution < -0.4 is 10.0 Å². The topological polar surface area (TPSA) is 105 Å². The van der Waals surface area contributed by atoms with Crippen LogP contribution in [0.15, 0.2) is 29.2 Å². The maximum absolute atomic E-state index is 12.8. The first-order chi connectivity index (χ1) is 14.2. The van der Waals surface area contributed by atoms with Crippen LogP contribution in [0.3, 0.4) is 0 Å². The highest BCUT2D eigenvalue weighted by molar-refractivity contribution is 7.89. The maximum Gasteiger partial charge on any atom is 0.253 e. The van der Waals surface area contributed by atoms with Gasteiger partial charge in [0.05, 0.1) is 11.5 Å². The predicted molar refractivity (Wildman–Crippen MR) is 115 cm³/mol. The Kier molecular flexibility index (Phi) is 8.81. The number of likely N-dealkylation sites (tertiary alicyclic amines) is 1. The first-order valence-electron chi connectivity index (χ1n) is 10.3. The fourth-order valence-electron chi connectivity index (χ4n) is 3.17. The summed E-state index contributed by atoms with van der Waals surface area (Å²) >= 11 is 0. The normalized spacial score (nSPS) is 16.5. The Morgan fingerprint density at radius 2 is 1.73 bits per heavy atom. The summed E-state index contributed by atoms with van der Waals surface area (Å²) in [6.45, 7) is 7.60. The molecule has 1 aromatic carbocycles. The van der Waals surface area contributed by atoms with Crippen LogP contribution in [0.5, 0.6) is 0 Å². The second-order valence-corrected chi connectivity index (χ2v) is 9.79. The van der Waals surface area contributed by atoms with Crippen molar-refractivity contribution >= 4 is 21.8 Å². The zero-order valence-electron chi connectivity index (χ0n) is 18.2.